The molecule has 0 bridgehead atoms. The molecule has 0 fully saturated rings. The van der Waals surface area contributed by atoms with Gasteiger partial charge in [0.2, 0.25) is 0 Å². The first-order chi connectivity index (χ1) is 3.31. The maximum absolute atomic E-state index is 5.25. The minimum atomic E-state index is 0.640. The molecule has 0 rings (SSSR count). The molecule has 0 aliphatic carbocycles. The summed E-state index contributed by atoms with van der Waals surface area (Å²) in [7, 11) is 1.86. The third-order valence-electron chi connectivity index (χ3n) is 0.713. The van der Waals surface area contributed by atoms with E-state index in [1.807, 2.05) is 20.2 Å². The summed E-state index contributed by atoms with van der Waals surface area (Å²) in [4.78, 5) is 0. The third-order valence-corrected chi connectivity index (χ3v) is 0.713. The Morgan fingerprint density at radius 2 is 2.43 bits per heavy atom. The molecular weight excluding hydrogens is 88.1 g/mol. The minimum absolute atomic E-state index is 0.640. The van der Waals surface area contributed by atoms with Crippen LogP contribution in [0.2, 0.25) is 0 Å². The predicted molar refractivity (Wildman–Crippen MR) is 31.9 cm³/mol. The van der Waals surface area contributed by atoms with Gasteiger partial charge in [0.05, 0.1) is 0 Å². The van der Waals surface area contributed by atoms with Gasteiger partial charge in [-0.15, -0.1) is 0 Å². The predicted octanol–water partition coefficient (Wildman–Crippen LogP) is 0.0683. The lowest BCUT2D eigenvalue weighted by Crippen LogP contribution is -2.03. The fourth-order valence-corrected chi connectivity index (χ4v) is 0.305. The van der Waals surface area contributed by atoms with Crippen LogP contribution in [0.4, 0.5) is 0 Å². The molecule has 0 aromatic rings. The molecule has 0 amide bonds. The van der Waals surface area contributed by atoms with Crippen molar-refractivity contribution in [2.24, 2.45) is 5.73 Å². The van der Waals surface area contributed by atoms with Gasteiger partial charge in [0.15, 0.2) is 0 Å². The van der Waals surface area contributed by atoms with Crippen LogP contribution in [0.25, 0.3) is 0 Å². The molecular formula is C5H12N2. The molecule has 0 radical (unpaired) electrons. The lowest BCUT2D eigenvalue weighted by atomic mass is 10.3. The summed E-state index contributed by atoms with van der Waals surface area (Å²) in [6.07, 6.45) is 1.89. The molecule has 0 aliphatic rings. The Balaban J connectivity index is 3.29. The normalized spacial score (nSPS) is 11.6. The monoisotopic (exact) mass is 100 g/mol. The van der Waals surface area contributed by atoms with Crippen molar-refractivity contribution in [3.05, 3.63) is 11.8 Å². The van der Waals surface area contributed by atoms with Crippen molar-refractivity contribution in [3.8, 4) is 0 Å². The molecule has 3 N–H and O–H groups in total. The van der Waals surface area contributed by atoms with E-state index in [0.717, 1.165) is 0 Å². The highest BCUT2D eigenvalue weighted by atomic mass is 14.8. The van der Waals surface area contributed by atoms with Crippen molar-refractivity contribution in [3.63, 3.8) is 0 Å². The van der Waals surface area contributed by atoms with Crippen molar-refractivity contribution in [2.75, 3.05) is 13.6 Å². The molecule has 0 saturated heterocycles. The molecule has 0 atom stereocenters. The lowest BCUT2D eigenvalue weighted by Gasteiger charge is -1.91. The summed E-state index contributed by atoms with van der Waals surface area (Å²) < 4.78 is 0. The van der Waals surface area contributed by atoms with Gasteiger partial charge in [-0.1, -0.05) is 0 Å². The largest absolute Gasteiger partial charge is 0.394 e. The summed E-state index contributed by atoms with van der Waals surface area (Å²) in [5, 5.41) is 2.88. The molecule has 42 valence electrons. The van der Waals surface area contributed by atoms with Crippen LogP contribution in [-0.4, -0.2) is 13.6 Å². The summed E-state index contributed by atoms with van der Waals surface area (Å²) in [5.41, 5.74) is 6.42. The molecule has 0 aromatic carbocycles. The van der Waals surface area contributed by atoms with Crippen molar-refractivity contribution in [1.82, 2.24) is 5.32 Å². The molecule has 0 aliphatic heterocycles. The van der Waals surface area contributed by atoms with Crippen LogP contribution in [0.15, 0.2) is 11.8 Å². The molecule has 0 saturated carbocycles. The van der Waals surface area contributed by atoms with Crippen LogP contribution in [0.3, 0.4) is 0 Å². The van der Waals surface area contributed by atoms with Gasteiger partial charge in [-0.3, -0.25) is 0 Å². The van der Waals surface area contributed by atoms with Crippen LogP contribution in [0.5, 0.6) is 0 Å². The van der Waals surface area contributed by atoms with E-state index >= 15 is 0 Å². The van der Waals surface area contributed by atoms with Crippen LogP contribution in [0.1, 0.15) is 6.92 Å². The highest BCUT2D eigenvalue weighted by Crippen LogP contribution is 1.80. The smallest absolute Gasteiger partial charge is 0.0151 e. The zero-order valence-corrected chi connectivity index (χ0v) is 4.86. The van der Waals surface area contributed by atoms with Crippen LogP contribution in [0, 0.1) is 0 Å². The average Bonchev–Trinajstić information content (AvgIpc) is 1.68. The number of hydrogen-bond acceptors (Lipinski definition) is 2. The van der Waals surface area contributed by atoms with E-state index in [1.165, 1.54) is 5.57 Å². The lowest BCUT2D eigenvalue weighted by molar-refractivity contribution is 1.03. The molecule has 7 heavy (non-hydrogen) atoms. The average molecular weight is 100 g/mol. The number of hydrogen-bond donors (Lipinski definition) is 2. The van der Waals surface area contributed by atoms with Crippen molar-refractivity contribution in [1.29, 1.82) is 0 Å². The second-order valence-corrected chi connectivity index (χ2v) is 1.48. The van der Waals surface area contributed by atoms with E-state index in [0.29, 0.717) is 6.54 Å². The highest BCUT2D eigenvalue weighted by molar-refractivity contribution is 4.96. The Kier molecular flexibility index (Phi) is 3.42. The Bertz CT molecular complexity index is 66.5. The molecule has 2 heteroatoms. The summed E-state index contributed by atoms with van der Waals surface area (Å²) in [5.74, 6) is 0. The number of nitrogens with two attached hydrogens (primary N) is 1. The first-order valence-electron chi connectivity index (χ1n) is 2.34. The van der Waals surface area contributed by atoms with E-state index in [2.05, 4.69) is 5.32 Å². The zero-order valence-electron chi connectivity index (χ0n) is 4.86. The first kappa shape index (κ1) is 6.50. The topological polar surface area (TPSA) is 38.0 Å². The van der Waals surface area contributed by atoms with Gasteiger partial charge in [-0.2, -0.15) is 0 Å². The standard InChI is InChI=1S/C5H12N2/c1-5(3-6)4-7-2/h4,7H,3,6H2,1-2H3/b5-4+. The molecule has 2 nitrogen and oxygen atoms in total. The number of nitrogens with one attached hydrogen (secondary N) is 1. The van der Waals surface area contributed by atoms with Crippen LogP contribution >= 0.6 is 0 Å². The molecule has 0 heterocycles. The van der Waals surface area contributed by atoms with E-state index in [-0.39, 0.29) is 0 Å². The molecule has 0 spiro atoms. The van der Waals surface area contributed by atoms with Crippen molar-refractivity contribution in [2.45, 2.75) is 6.92 Å². The maximum Gasteiger partial charge on any atom is 0.0151 e. The van der Waals surface area contributed by atoms with Gasteiger partial charge < -0.3 is 11.1 Å². The summed E-state index contributed by atoms with van der Waals surface area (Å²) in [6.45, 7) is 2.62. The first-order valence-corrected chi connectivity index (χ1v) is 2.34. The van der Waals surface area contributed by atoms with Gasteiger partial charge in [0, 0.05) is 13.6 Å². The SMILES string of the molecule is CN/C=C(\C)CN. The van der Waals surface area contributed by atoms with Crippen molar-refractivity contribution < 1.29 is 0 Å². The van der Waals surface area contributed by atoms with Gasteiger partial charge in [-0.25, -0.2) is 0 Å². The quantitative estimate of drug-likeness (QED) is 0.515. The van der Waals surface area contributed by atoms with Gasteiger partial charge in [0.25, 0.3) is 0 Å². The number of rotatable bonds is 2. The second-order valence-electron chi connectivity index (χ2n) is 1.48. The van der Waals surface area contributed by atoms with Gasteiger partial charge >= 0.3 is 0 Å². The second kappa shape index (κ2) is 3.68. The summed E-state index contributed by atoms with van der Waals surface area (Å²) >= 11 is 0. The van der Waals surface area contributed by atoms with E-state index < -0.39 is 0 Å². The third kappa shape index (κ3) is 3.33. The van der Waals surface area contributed by atoms with E-state index in [1.54, 1.807) is 0 Å². The Hall–Kier alpha value is -0.500. The maximum atomic E-state index is 5.25. The van der Waals surface area contributed by atoms with E-state index in [4.69, 9.17) is 5.73 Å². The Labute approximate surface area is 44.4 Å². The summed E-state index contributed by atoms with van der Waals surface area (Å²) in [6, 6.07) is 0. The van der Waals surface area contributed by atoms with Gasteiger partial charge in [0.1, 0.15) is 0 Å². The van der Waals surface area contributed by atoms with E-state index in [9.17, 15) is 0 Å². The fourth-order valence-electron chi connectivity index (χ4n) is 0.305. The fraction of sp³-hybridized carbons (Fsp3) is 0.600. The minimum Gasteiger partial charge on any atom is -0.394 e. The van der Waals surface area contributed by atoms with Crippen LogP contribution in [-0.2, 0) is 0 Å². The van der Waals surface area contributed by atoms with Crippen molar-refractivity contribution >= 4 is 0 Å². The molecule has 0 aromatic heterocycles. The van der Waals surface area contributed by atoms with Crippen LogP contribution < -0.4 is 11.1 Å². The highest BCUT2D eigenvalue weighted by Gasteiger charge is 1.76. The zero-order chi connectivity index (χ0) is 5.70. The Morgan fingerprint density at radius 3 is 2.57 bits per heavy atom. The molecule has 0 unspecified atom stereocenters. The van der Waals surface area contributed by atoms with Gasteiger partial charge in [-0.05, 0) is 18.7 Å². The Morgan fingerprint density at radius 1 is 1.86 bits per heavy atom.